The summed E-state index contributed by atoms with van der Waals surface area (Å²) in [6.45, 7) is 0.0123. The van der Waals surface area contributed by atoms with E-state index < -0.39 is 0 Å². The van der Waals surface area contributed by atoms with Crippen LogP contribution in [0.15, 0.2) is 40.9 Å². The number of aryl methyl sites for hydroxylation is 1. The van der Waals surface area contributed by atoms with E-state index in [1.807, 2.05) is 6.07 Å². The molecular formula is C13H12BrO. The van der Waals surface area contributed by atoms with Crippen LogP contribution in [0.5, 0.6) is 0 Å². The van der Waals surface area contributed by atoms with Crippen LogP contribution in [0.2, 0.25) is 0 Å². The van der Waals surface area contributed by atoms with Gasteiger partial charge in [0.25, 0.3) is 0 Å². The number of halogens is 1. The van der Waals surface area contributed by atoms with Crippen molar-refractivity contribution in [1.29, 1.82) is 0 Å². The van der Waals surface area contributed by atoms with E-state index in [4.69, 9.17) is 0 Å². The van der Waals surface area contributed by atoms with Gasteiger partial charge in [-0.1, -0.05) is 40.2 Å². The molecule has 0 atom stereocenters. The van der Waals surface area contributed by atoms with Crippen molar-refractivity contribution < 1.29 is 5.11 Å². The number of hydrogen-bond acceptors (Lipinski definition) is 0. The van der Waals surface area contributed by atoms with Crippen molar-refractivity contribution in [2.24, 2.45) is 0 Å². The fourth-order valence-electron chi connectivity index (χ4n) is 1.70. The summed E-state index contributed by atoms with van der Waals surface area (Å²) in [5.74, 6) is 0. The average molecular weight is 264 g/mol. The van der Waals surface area contributed by atoms with E-state index in [9.17, 15) is 5.11 Å². The van der Waals surface area contributed by atoms with Crippen molar-refractivity contribution in [3.63, 3.8) is 0 Å². The van der Waals surface area contributed by atoms with Gasteiger partial charge >= 0.3 is 0 Å². The zero-order valence-corrected chi connectivity index (χ0v) is 9.96. The first-order valence-corrected chi connectivity index (χ1v) is 5.85. The Hall–Kier alpha value is -0.860. The lowest BCUT2D eigenvalue weighted by Crippen LogP contribution is -1.88. The third kappa shape index (κ3) is 2.58. The summed E-state index contributed by atoms with van der Waals surface area (Å²) in [4.78, 5) is 0. The summed E-state index contributed by atoms with van der Waals surface area (Å²) in [6.07, 6.45) is 1.61. The quantitative estimate of drug-likeness (QED) is 0.799. The summed E-state index contributed by atoms with van der Waals surface area (Å²) in [5.41, 5.74) is 1.25. The molecule has 0 bridgehead atoms. The summed E-state index contributed by atoms with van der Waals surface area (Å²) >= 11 is 3.45. The monoisotopic (exact) mass is 263 g/mol. The van der Waals surface area contributed by atoms with Gasteiger partial charge < -0.3 is 0 Å². The highest BCUT2D eigenvalue weighted by Gasteiger charge is 1.97. The van der Waals surface area contributed by atoms with Crippen LogP contribution in [0.3, 0.4) is 0 Å². The van der Waals surface area contributed by atoms with Crippen LogP contribution >= 0.6 is 15.9 Å². The average Bonchev–Trinajstić information content (AvgIpc) is 2.26. The van der Waals surface area contributed by atoms with Crippen molar-refractivity contribution in [1.82, 2.24) is 0 Å². The molecule has 0 aromatic heterocycles. The smallest absolute Gasteiger partial charge is 0.0825 e. The van der Waals surface area contributed by atoms with Crippen molar-refractivity contribution in [3.05, 3.63) is 46.4 Å². The predicted molar refractivity (Wildman–Crippen MR) is 65.5 cm³/mol. The summed E-state index contributed by atoms with van der Waals surface area (Å²) < 4.78 is 1.10. The highest BCUT2D eigenvalue weighted by molar-refractivity contribution is 9.10. The molecule has 0 fully saturated rings. The van der Waals surface area contributed by atoms with E-state index >= 15 is 0 Å². The molecule has 0 saturated carbocycles. The lowest BCUT2D eigenvalue weighted by atomic mass is 10.0. The van der Waals surface area contributed by atoms with E-state index in [-0.39, 0.29) is 6.61 Å². The first kappa shape index (κ1) is 10.7. The zero-order chi connectivity index (χ0) is 10.7. The van der Waals surface area contributed by atoms with Gasteiger partial charge in [-0.3, -0.25) is 0 Å². The maximum absolute atomic E-state index is 10.4. The van der Waals surface area contributed by atoms with E-state index in [0.717, 1.165) is 17.3 Å². The van der Waals surface area contributed by atoms with Crippen LogP contribution in [0.4, 0.5) is 0 Å². The van der Waals surface area contributed by atoms with Gasteiger partial charge in [-0.2, -0.15) is 0 Å². The molecule has 2 aromatic rings. The topological polar surface area (TPSA) is 19.9 Å². The molecule has 15 heavy (non-hydrogen) atoms. The van der Waals surface area contributed by atoms with E-state index in [1.165, 1.54) is 16.3 Å². The second kappa shape index (κ2) is 4.77. The van der Waals surface area contributed by atoms with Crippen LogP contribution in [0.1, 0.15) is 12.0 Å². The lowest BCUT2D eigenvalue weighted by molar-refractivity contribution is 0.189. The minimum Gasteiger partial charge on any atom is -0.237 e. The normalized spacial score (nSPS) is 10.8. The molecular weight excluding hydrogens is 252 g/mol. The van der Waals surface area contributed by atoms with Crippen LogP contribution in [-0.4, -0.2) is 6.61 Å². The second-order valence-electron chi connectivity index (χ2n) is 3.63. The van der Waals surface area contributed by atoms with Crippen molar-refractivity contribution >= 4 is 26.7 Å². The number of benzene rings is 2. The van der Waals surface area contributed by atoms with E-state index in [2.05, 4.69) is 46.3 Å². The van der Waals surface area contributed by atoms with Crippen molar-refractivity contribution in [2.75, 3.05) is 6.61 Å². The first-order valence-electron chi connectivity index (χ1n) is 5.06. The Morgan fingerprint density at radius 1 is 1.00 bits per heavy atom. The third-order valence-corrected chi connectivity index (χ3v) is 2.97. The van der Waals surface area contributed by atoms with Crippen molar-refractivity contribution in [2.45, 2.75) is 12.8 Å². The molecule has 0 aliphatic rings. The number of fused-ring (bicyclic) bond motifs is 1. The van der Waals surface area contributed by atoms with Gasteiger partial charge in [-0.25, -0.2) is 5.11 Å². The van der Waals surface area contributed by atoms with E-state index in [0.29, 0.717) is 0 Å². The number of rotatable bonds is 3. The second-order valence-corrected chi connectivity index (χ2v) is 4.55. The molecule has 1 nitrogen and oxygen atoms in total. The van der Waals surface area contributed by atoms with Gasteiger partial charge in [0.05, 0.1) is 6.61 Å². The minimum absolute atomic E-state index is 0.0123. The molecule has 0 aliphatic heterocycles. The molecule has 1 radical (unpaired) electrons. The van der Waals surface area contributed by atoms with Crippen LogP contribution in [0.25, 0.3) is 10.8 Å². The molecule has 77 valence electrons. The largest absolute Gasteiger partial charge is 0.237 e. The molecule has 0 amide bonds. The zero-order valence-electron chi connectivity index (χ0n) is 8.37. The summed E-state index contributed by atoms with van der Waals surface area (Å²) in [7, 11) is 0. The summed E-state index contributed by atoms with van der Waals surface area (Å²) in [5, 5.41) is 12.9. The van der Waals surface area contributed by atoms with E-state index in [1.54, 1.807) is 0 Å². The van der Waals surface area contributed by atoms with Gasteiger partial charge in [-0.05, 0) is 41.3 Å². The predicted octanol–water partition coefficient (Wildman–Crippen LogP) is 3.97. The van der Waals surface area contributed by atoms with Crippen LogP contribution in [-0.2, 0) is 11.5 Å². The van der Waals surface area contributed by atoms with Crippen LogP contribution in [0, 0.1) is 0 Å². The first-order chi connectivity index (χ1) is 7.29. The maximum Gasteiger partial charge on any atom is 0.0825 e. The lowest BCUT2D eigenvalue weighted by Gasteiger charge is -2.03. The van der Waals surface area contributed by atoms with Gasteiger partial charge in [0.1, 0.15) is 0 Å². The Morgan fingerprint density at radius 2 is 1.73 bits per heavy atom. The molecule has 2 heteroatoms. The Morgan fingerprint density at radius 3 is 2.53 bits per heavy atom. The minimum atomic E-state index is 0.0123. The number of hydrogen-bond donors (Lipinski definition) is 0. The fraction of sp³-hybridized carbons (Fsp3) is 0.231. The molecule has 0 N–H and O–H groups in total. The standard InChI is InChI=1S/C13H12BrO/c14-13-6-5-11-8-10(2-1-7-15)3-4-12(11)9-13/h3-6,8-9H,1-2,7H2. The fourth-order valence-corrected chi connectivity index (χ4v) is 2.08. The third-order valence-electron chi connectivity index (χ3n) is 2.48. The maximum atomic E-state index is 10.4. The van der Waals surface area contributed by atoms with Gasteiger partial charge in [0.15, 0.2) is 0 Å². The van der Waals surface area contributed by atoms with Crippen molar-refractivity contribution in [3.8, 4) is 0 Å². The molecule has 0 saturated heterocycles. The Balaban J connectivity index is 2.34. The molecule has 0 heterocycles. The molecule has 2 aromatic carbocycles. The van der Waals surface area contributed by atoms with Crippen LogP contribution < -0.4 is 0 Å². The highest BCUT2D eigenvalue weighted by atomic mass is 79.9. The SMILES string of the molecule is [O]CCCc1ccc2cc(Br)ccc2c1. The molecule has 0 aliphatic carbocycles. The molecule has 0 spiro atoms. The molecule has 0 unspecified atom stereocenters. The Labute approximate surface area is 97.9 Å². The van der Waals surface area contributed by atoms with Gasteiger partial charge in [0, 0.05) is 4.47 Å². The molecule has 2 rings (SSSR count). The Kier molecular flexibility index (Phi) is 3.39. The van der Waals surface area contributed by atoms with Gasteiger partial charge in [-0.15, -0.1) is 0 Å². The van der Waals surface area contributed by atoms with Gasteiger partial charge in [0.2, 0.25) is 0 Å². The summed E-state index contributed by atoms with van der Waals surface area (Å²) in [6, 6.07) is 12.6. The highest BCUT2D eigenvalue weighted by Crippen LogP contribution is 2.21. The Bertz CT molecular complexity index is 465.